The Labute approximate surface area is 129 Å². The van der Waals surface area contributed by atoms with Crippen molar-refractivity contribution in [2.45, 2.75) is 4.90 Å². The van der Waals surface area contributed by atoms with Gasteiger partial charge in [-0.05, 0) is 36.4 Å². The van der Waals surface area contributed by atoms with Crippen molar-refractivity contribution >= 4 is 33.3 Å². The molecule has 116 valence electrons. The van der Waals surface area contributed by atoms with Gasteiger partial charge >= 0.3 is 5.97 Å². The lowest BCUT2D eigenvalue weighted by atomic mass is 10.2. The first-order valence-electron chi connectivity index (χ1n) is 5.71. The van der Waals surface area contributed by atoms with Crippen LogP contribution in [0.3, 0.4) is 0 Å². The number of hydrogen-bond acceptors (Lipinski definition) is 3. The van der Waals surface area contributed by atoms with Crippen LogP contribution in [0.25, 0.3) is 0 Å². The van der Waals surface area contributed by atoms with Crippen LogP contribution in [0.1, 0.15) is 10.4 Å². The fourth-order valence-electron chi connectivity index (χ4n) is 1.65. The Morgan fingerprint density at radius 3 is 2.45 bits per heavy atom. The van der Waals surface area contributed by atoms with Crippen molar-refractivity contribution in [2.75, 3.05) is 4.72 Å². The van der Waals surface area contributed by atoms with Crippen molar-refractivity contribution in [1.29, 1.82) is 0 Å². The van der Waals surface area contributed by atoms with Crippen LogP contribution in [0.5, 0.6) is 0 Å². The molecule has 0 heterocycles. The maximum absolute atomic E-state index is 13.5. The molecule has 5 nitrogen and oxygen atoms in total. The average molecular weight is 348 g/mol. The maximum atomic E-state index is 13.5. The van der Waals surface area contributed by atoms with Gasteiger partial charge in [0.05, 0.1) is 10.6 Å². The molecule has 0 radical (unpaired) electrons. The number of sulfonamides is 1. The molecule has 2 aromatic rings. The summed E-state index contributed by atoms with van der Waals surface area (Å²) in [5, 5.41) is 8.82. The van der Waals surface area contributed by atoms with Crippen LogP contribution in [0.2, 0.25) is 5.02 Å². The van der Waals surface area contributed by atoms with Crippen LogP contribution < -0.4 is 4.72 Å². The SMILES string of the molecule is O=C(O)c1cc(NS(=O)(=O)c2cc(F)ccc2F)ccc1Cl. The fourth-order valence-corrected chi connectivity index (χ4v) is 2.98. The summed E-state index contributed by atoms with van der Waals surface area (Å²) in [6, 6.07) is 5.31. The van der Waals surface area contributed by atoms with E-state index >= 15 is 0 Å². The molecule has 0 aliphatic rings. The summed E-state index contributed by atoms with van der Waals surface area (Å²) in [6.07, 6.45) is 0. The molecule has 2 rings (SSSR count). The zero-order valence-electron chi connectivity index (χ0n) is 10.7. The molecule has 0 amide bonds. The number of carboxylic acids is 1. The molecule has 0 bridgehead atoms. The predicted octanol–water partition coefficient (Wildman–Crippen LogP) is 3.12. The Hall–Kier alpha value is -2.19. The Balaban J connectivity index is 2.43. The Morgan fingerprint density at radius 2 is 1.82 bits per heavy atom. The number of carboxylic acid groups (broad SMARTS) is 1. The molecule has 0 aromatic heterocycles. The molecule has 0 aliphatic heterocycles. The second kappa shape index (κ2) is 5.90. The minimum atomic E-state index is -4.42. The highest BCUT2D eigenvalue weighted by Gasteiger charge is 2.21. The first-order valence-corrected chi connectivity index (χ1v) is 7.57. The third-order valence-corrected chi connectivity index (χ3v) is 4.36. The lowest BCUT2D eigenvalue weighted by Gasteiger charge is -2.10. The van der Waals surface area contributed by atoms with Crippen molar-refractivity contribution in [3.05, 3.63) is 58.6 Å². The van der Waals surface area contributed by atoms with Gasteiger partial charge in [-0.3, -0.25) is 4.72 Å². The Bertz CT molecular complexity index is 855. The summed E-state index contributed by atoms with van der Waals surface area (Å²) in [4.78, 5) is 10.0. The molecule has 0 atom stereocenters. The Kier molecular flexibility index (Phi) is 4.34. The van der Waals surface area contributed by atoms with Crippen LogP contribution in [-0.2, 0) is 10.0 Å². The highest BCUT2D eigenvalue weighted by molar-refractivity contribution is 7.92. The lowest BCUT2D eigenvalue weighted by molar-refractivity contribution is 0.0697. The molecule has 2 N–H and O–H groups in total. The van der Waals surface area contributed by atoms with E-state index in [2.05, 4.69) is 0 Å². The highest BCUT2D eigenvalue weighted by atomic mass is 35.5. The predicted molar refractivity (Wildman–Crippen MR) is 75.6 cm³/mol. The van der Waals surface area contributed by atoms with E-state index in [1.807, 2.05) is 4.72 Å². The van der Waals surface area contributed by atoms with Gasteiger partial charge in [-0.15, -0.1) is 0 Å². The summed E-state index contributed by atoms with van der Waals surface area (Å²) in [5.74, 6) is -3.42. The van der Waals surface area contributed by atoms with E-state index in [0.29, 0.717) is 12.1 Å². The fraction of sp³-hybridized carbons (Fsp3) is 0. The Morgan fingerprint density at radius 1 is 1.14 bits per heavy atom. The highest BCUT2D eigenvalue weighted by Crippen LogP contribution is 2.24. The number of benzene rings is 2. The van der Waals surface area contributed by atoms with Crippen molar-refractivity contribution in [3.8, 4) is 0 Å². The summed E-state index contributed by atoms with van der Waals surface area (Å²) < 4.78 is 52.7. The van der Waals surface area contributed by atoms with Gasteiger partial charge in [0.2, 0.25) is 0 Å². The van der Waals surface area contributed by atoms with Crippen LogP contribution in [0.4, 0.5) is 14.5 Å². The number of hydrogen-bond donors (Lipinski definition) is 2. The largest absolute Gasteiger partial charge is 0.478 e. The molecule has 0 saturated carbocycles. The number of aromatic carboxylic acids is 1. The van der Waals surface area contributed by atoms with E-state index in [0.717, 1.165) is 12.1 Å². The molecular formula is C13H8ClF2NO4S. The van der Waals surface area contributed by atoms with Gasteiger partial charge in [0.1, 0.15) is 16.5 Å². The van der Waals surface area contributed by atoms with E-state index in [-0.39, 0.29) is 16.3 Å². The number of carbonyl (C=O) groups is 1. The third kappa shape index (κ3) is 3.34. The van der Waals surface area contributed by atoms with Crippen molar-refractivity contribution < 1.29 is 27.1 Å². The summed E-state index contributed by atoms with van der Waals surface area (Å²) in [6.45, 7) is 0. The molecular weight excluding hydrogens is 340 g/mol. The topological polar surface area (TPSA) is 83.5 Å². The average Bonchev–Trinajstić information content (AvgIpc) is 2.43. The quantitative estimate of drug-likeness (QED) is 0.890. The second-order valence-corrected chi connectivity index (χ2v) is 6.24. The van der Waals surface area contributed by atoms with Gasteiger partial charge in [0.25, 0.3) is 10.0 Å². The molecule has 0 fully saturated rings. The number of nitrogens with one attached hydrogen (secondary N) is 1. The molecule has 9 heteroatoms. The van der Waals surface area contributed by atoms with Gasteiger partial charge in [0, 0.05) is 5.69 Å². The molecule has 2 aromatic carbocycles. The van der Waals surface area contributed by atoms with Gasteiger partial charge in [-0.1, -0.05) is 11.6 Å². The molecule has 0 unspecified atom stereocenters. The minimum absolute atomic E-state index is 0.0904. The van der Waals surface area contributed by atoms with Gasteiger partial charge in [-0.25, -0.2) is 22.0 Å². The number of rotatable bonds is 4. The maximum Gasteiger partial charge on any atom is 0.337 e. The number of anilines is 1. The summed E-state index contributed by atoms with van der Waals surface area (Å²) in [7, 11) is -4.42. The molecule has 22 heavy (non-hydrogen) atoms. The van der Waals surface area contributed by atoms with E-state index in [4.69, 9.17) is 16.7 Å². The van der Waals surface area contributed by atoms with Gasteiger partial charge in [-0.2, -0.15) is 0 Å². The van der Waals surface area contributed by atoms with Crippen LogP contribution in [-0.4, -0.2) is 19.5 Å². The van der Waals surface area contributed by atoms with Gasteiger partial charge in [0.15, 0.2) is 0 Å². The minimum Gasteiger partial charge on any atom is -0.478 e. The molecule has 0 saturated heterocycles. The normalized spacial score (nSPS) is 11.2. The first-order chi connectivity index (χ1) is 10.2. The van der Waals surface area contributed by atoms with Crippen molar-refractivity contribution in [3.63, 3.8) is 0 Å². The van der Waals surface area contributed by atoms with Gasteiger partial charge < -0.3 is 5.11 Å². The van der Waals surface area contributed by atoms with E-state index in [1.165, 1.54) is 12.1 Å². The first kappa shape index (κ1) is 16.2. The smallest absolute Gasteiger partial charge is 0.337 e. The van der Waals surface area contributed by atoms with E-state index in [9.17, 15) is 22.0 Å². The van der Waals surface area contributed by atoms with Crippen LogP contribution in [0, 0.1) is 11.6 Å². The summed E-state index contributed by atoms with van der Waals surface area (Å²) >= 11 is 5.66. The second-order valence-electron chi connectivity index (χ2n) is 4.18. The lowest BCUT2D eigenvalue weighted by Crippen LogP contribution is -2.15. The monoisotopic (exact) mass is 347 g/mol. The van der Waals surface area contributed by atoms with Crippen LogP contribution >= 0.6 is 11.6 Å². The van der Waals surface area contributed by atoms with E-state index < -0.39 is 32.5 Å². The van der Waals surface area contributed by atoms with E-state index in [1.54, 1.807) is 0 Å². The number of halogens is 3. The third-order valence-electron chi connectivity index (χ3n) is 2.63. The zero-order valence-corrected chi connectivity index (χ0v) is 12.3. The van der Waals surface area contributed by atoms with Crippen molar-refractivity contribution in [1.82, 2.24) is 0 Å². The molecule has 0 spiro atoms. The van der Waals surface area contributed by atoms with Crippen molar-refractivity contribution in [2.24, 2.45) is 0 Å². The zero-order chi connectivity index (χ0) is 16.5. The molecule has 0 aliphatic carbocycles. The standard InChI is InChI=1S/C13H8ClF2NO4S/c14-10-3-2-8(6-9(10)13(18)19)17-22(20,21)12-5-7(15)1-4-11(12)16/h1-6,17H,(H,18,19). The van der Waals surface area contributed by atoms with Crippen LogP contribution in [0.15, 0.2) is 41.3 Å². The summed E-state index contributed by atoms with van der Waals surface area (Å²) in [5.41, 5.74) is -0.480.